The van der Waals surface area contributed by atoms with Gasteiger partial charge in [-0.2, -0.15) is 0 Å². The Labute approximate surface area is 171 Å². The highest BCUT2D eigenvalue weighted by Gasteiger charge is 2.23. The van der Waals surface area contributed by atoms with Crippen molar-refractivity contribution in [1.29, 1.82) is 0 Å². The van der Waals surface area contributed by atoms with E-state index in [4.69, 9.17) is 11.6 Å². The number of nitro benzene ring substituents is 1. The Morgan fingerprint density at radius 3 is 2.17 bits per heavy atom. The number of carbonyl (C=O) groups excluding carboxylic acids is 2. The summed E-state index contributed by atoms with van der Waals surface area (Å²) in [5.74, 6) is -1.12. The zero-order valence-corrected chi connectivity index (χ0v) is 16.1. The van der Waals surface area contributed by atoms with E-state index in [0.717, 1.165) is 0 Å². The van der Waals surface area contributed by atoms with Crippen LogP contribution in [0.25, 0.3) is 0 Å². The molecule has 3 aromatic carbocycles. The highest BCUT2D eigenvalue weighted by Crippen LogP contribution is 2.25. The van der Waals surface area contributed by atoms with E-state index in [1.54, 1.807) is 67.6 Å². The summed E-state index contributed by atoms with van der Waals surface area (Å²) in [7, 11) is 0. The van der Waals surface area contributed by atoms with E-state index in [-0.39, 0.29) is 22.5 Å². The molecule has 0 aromatic heterocycles. The van der Waals surface area contributed by atoms with Crippen LogP contribution in [-0.4, -0.2) is 16.7 Å². The number of halogens is 1. The van der Waals surface area contributed by atoms with E-state index >= 15 is 0 Å². The number of hydrogen-bond donors (Lipinski definition) is 2. The van der Waals surface area contributed by atoms with Gasteiger partial charge in [-0.25, -0.2) is 0 Å². The minimum absolute atomic E-state index is 0.0806. The van der Waals surface area contributed by atoms with Crippen molar-refractivity contribution in [3.05, 3.63) is 98.6 Å². The first-order chi connectivity index (χ1) is 13.9. The molecule has 2 N–H and O–H groups in total. The van der Waals surface area contributed by atoms with E-state index in [1.807, 2.05) is 0 Å². The number of anilines is 2. The molecular formula is C21H16ClN3O4. The van der Waals surface area contributed by atoms with Gasteiger partial charge in [0, 0.05) is 16.3 Å². The summed E-state index contributed by atoms with van der Waals surface area (Å²) >= 11 is 5.84. The maximum absolute atomic E-state index is 12.7. The fourth-order valence-electron chi connectivity index (χ4n) is 2.80. The van der Waals surface area contributed by atoms with Crippen LogP contribution in [0.4, 0.5) is 17.1 Å². The number of nitrogens with one attached hydrogen (secondary N) is 2. The Balaban J connectivity index is 1.87. The molecule has 0 saturated heterocycles. The lowest BCUT2D eigenvalue weighted by Gasteiger charge is -2.12. The minimum atomic E-state index is -0.674. The average Bonchev–Trinajstić information content (AvgIpc) is 2.69. The van der Waals surface area contributed by atoms with Crippen molar-refractivity contribution >= 4 is 40.5 Å². The van der Waals surface area contributed by atoms with Gasteiger partial charge in [0.05, 0.1) is 16.2 Å². The van der Waals surface area contributed by atoms with E-state index in [2.05, 4.69) is 10.6 Å². The van der Waals surface area contributed by atoms with Crippen molar-refractivity contribution in [2.45, 2.75) is 6.92 Å². The normalized spacial score (nSPS) is 10.3. The van der Waals surface area contributed by atoms with Crippen molar-refractivity contribution < 1.29 is 14.5 Å². The number of para-hydroxylation sites is 2. The summed E-state index contributed by atoms with van der Waals surface area (Å²) in [6, 6.07) is 17.5. The number of amides is 2. The van der Waals surface area contributed by atoms with Gasteiger partial charge in [0.25, 0.3) is 17.5 Å². The van der Waals surface area contributed by atoms with Gasteiger partial charge >= 0.3 is 0 Å². The van der Waals surface area contributed by atoms with Gasteiger partial charge in [-0.1, -0.05) is 35.9 Å². The van der Waals surface area contributed by atoms with Crippen LogP contribution in [0.3, 0.4) is 0 Å². The average molecular weight is 410 g/mol. The quantitative estimate of drug-likeness (QED) is 0.454. The fraction of sp³-hybridized carbons (Fsp3) is 0.0476. The molecule has 0 bridgehead atoms. The molecule has 0 heterocycles. The lowest BCUT2D eigenvalue weighted by Crippen LogP contribution is -2.19. The van der Waals surface area contributed by atoms with Crippen molar-refractivity contribution in [1.82, 2.24) is 0 Å². The molecule has 0 fully saturated rings. The zero-order valence-electron chi connectivity index (χ0n) is 15.3. The van der Waals surface area contributed by atoms with Crippen LogP contribution in [0.15, 0.2) is 66.7 Å². The summed E-state index contributed by atoms with van der Waals surface area (Å²) in [5, 5.41) is 17.2. The molecule has 7 nitrogen and oxygen atoms in total. The molecule has 0 spiro atoms. The first kappa shape index (κ1) is 20.0. The summed E-state index contributed by atoms with van der Waals surface area (Å²) < 4.78 is 0. The second-order valence-electron chi connectivity index (χ2n) is 6.19. The van der Waals surface area contributed by atoms with Crippen molar-refractivity contribution in [2.75, 3.05) is 10.6 Å². The van der Waals surface area contributed by atoms with E-state index in [9.17, 15) is 19.7 Å². The van der Waals surface area contributed by atoms with Gasteiger partial charge in [0.2, 0.25) is 0 Å². The second kappa shape index (κ2) is 8.53. The smallest absolute Gasteiger partial charge is 0.285 e. The van der Waals surface area contributed by atoms with Crippen LogP contribution >= 0.6 is 11.6 Å². The van der Waals surface area contributed by atoms with Crippen LogP contribution in [0, 0.1) is 17.0 Å². The Morgan fingerprint density at radius 2 is 1.48 bits per heavy atom. The van der Waals surface area contributed by atoms with Gasteiger partial charge in [-0.15, -0.1) is 0 Å². The summed E-state index contributed by atoms with van der Waals surface area (Å²) in [6.07, 6.45) is 0. The molecule has 0 radical (unpaired) electrons. The Bertz CT molecular complexity index is 1100. The third-order valence-corrected chi connectivity index (χ3v) is 4.44. The van der Waals surface area contributed by atoms with Crippen molar-refractivity contribution in [3.8, 4) is 0 Å². The van der Waals surface area contributed by atoms with E-state index in [1.165, 1.54) is 6.07 Å². The van der Waals surface area contributed by atoms with E-state index < -0.39 is 16.7 Å². The van der Waals surface area contributed by atoms with Gasteiger partial charge in [0.1, 0.15) is 5.56 Å². The molecular weight excluding hydrogens is 394 g/mol. The maximum atomic E-state index is 12.7. The number of carbonyl (C=O) groups is 2. The number of aryl methyl sites for hydroxylation is 1. The Kier molecular flexibility index (Phi) is 5.90. The third-order valence-electron chi connectivity index (χ3n) is 4.19. The van der Waals surface area contributed by atoms with Crippen LogP contribution < -0.4 is 10.6 Å². The summed E-state index contributed by atoms with van der Waals surface area (Å²) in [4.78, 5) is 36.1. The van der Waals surface area contributed by atoms with Crippen LogP contribution in [0.1, 0.15) is 26.3 Å². The number of rotatable bonds is 5. The summed E-state index contributed by atoms with van der Waals surface area (Å²) in [5.41, 5.74) is 1.01. The number of nitrogens with zero attached hydrogens (tertiary/aromatic N) is 1. The molecule has 0 aliphatic rings. The molecule has 0 aliphatic carbocycles. The maximum Gasteiger partial charge on any atom is 0.285 e. The number of hydrogen-bond acceptors (Lipinski definition) is 4. The third kappa shape index (κ3) is 4.59. The predicted molar refractivity (Wildman–Crippen MR) is 112 cm³/mol. The Hall–Kier alpha value is -3.71. The van der Waals surface area contributed by atoms with Crippen LogP contribution in [-0.2, 0) is 0 Å². The topological polar surface area (TPSA) is 101 Å². The van der Waals surface area contributed by atoms with Crippen molar-refractivity contribution in [3.63, 3.8) is 0 Å². The molecule has 29 heavy (non-hydrogen) atoms. The number of benzene rings is 3. The summed E-state index contributed by atoms with van der Waals surface area (Å²) in [6.45, 7) is 1.56. The molecule has 0 saturated carbocycles. The fourth-order valence-corrected chi connectivity index (χ4v) is 2.92. The number of nitro groups is 1. The van der Waals surface area contributed by atoms with Gasteiger partial charge in [-0.3, -0.25) is 19.7 Å². The minimum Gasteiger partial charge on any atom is -0.322 e. The lowest BCUT2D eigenvalue weighted by molar-refractivity contribution is -0.385. The first-order valence-electron chi connectivity index (χ1n) is 8.58. The van der Waals surface area contributed by atoms with Crippen LogP contribution in [0.5, 0.6) is 0 Å². The SMILES string of the molecule is Cc1cccc(C(=O)Nc2ccccc2C(=O)Nc2ccc(Cl)cc2)c1[N+](=O)[O-]. The molecule has 0 atom stereocenters. The van der Waals surface area contributed by atoms with Gasteiger partial charge in [0.15, 0.2) is 0 Å². The van der Waals surface area contributed by atoms with Crippen molar-refractivity contribution in [2.24, 2.45) is 0 Å². The predicted octanol–water partition coefficient (Wildman–Crippen LogP) is 5.06. The molecule has 0 unspecified atom stereocenters. The highest BCUT2D eigenvalue weighted by molar-refractivity contribution is 6.30. The Morgan fingerprint density at radius 1 is 0.862 bits per heavy atom. The molecule has 8 heteroatoms. The van der Waals surface area contributed by atoms with Gasteiger partial charge in [-0.05, 0) is 49.4 Å². The largest absolute Gasteiger partial charge is 0.322 e. The molecule has 3 rings (SSSR count). The monoisotopic (exact) mass is 409 g/mol. The highest BCUT2D eigenvalue weighted by atomic mass is 35.5. The standard InChI is InChI=1S/C21H16ClN3O4/c1-13-5-4-7-17(19(13)25(28)29)21(27)24-18-8-3-2-6-16(18)20(26)23-15-11-9-14(22)10-12-15/h2-12H,1H3,(H,23,26)(H,24,27). The lowest BCUT2D eigenvalue weighted by atomic mass is 10.1. The van der Waals surface area contributed by atoms with Crippen LogP contribution in [0.2, 0.25) is 5.02 Å². The molecule has 146 valence electrons. The molecule has 2 amide bonds. The zero-order chi connectivity index (χ0) is 21.0. The molecule has 3 aromatic rings. The first-order valence-corrected chi connectivity index (χ1v) is 8.96. The van der Waals surface area contributed by atoms with E-state index in [0.29, 0.717) is 16.3 Å². The molecule has 0 aliphatic heterocycles. The second-order valence-corrected chi connectivity index (χ2v) is 6.63. The van der Waals surface area contributed by atoms with Gasteiger partial charge < -0.3 is 10.6 Å².